The maximum absolute atomic E-state index is 5.67. The Labute approximate surface area is 154 Å². The highest BCUT2D eigenvalue weighted by Crippen LogP contribution is 2.18. The van der Waals surface area contributed by atoms with E-state index in [9.17, 15) is 0 Å². The van der Waals surface area contributed by atoms with Crippen LogP contribution in [0, 0.1) is 0 Å². The third-order valence-electron chi connectivity index (χ3n) is 4.30. The van der Waals surface area contributed by atoms with Crippen LogP contribution in [0.3, 0.4) is 0 Å². The Bertz CT molecular complexity index is 869. The summed E-state index contributed by atoms with van der Waals surface area (Å²) in [5.41, 5.74) is 3.61. The molecule has 1 heterocycles. The number of ether oxygens (including phenoxy) is 1. The van der Waals surface area contributed by atoms with Crippen molar-refractivity contribution in [3.8, 4) is 5.75 Å². The van der Waals surface area contributed by atoms with Crippen LogP contribution in [0.25, 0.3) is 10.9 Å². The molecule has 5 nitrogen and oxygen atoms in total. The van der Waals surface area contributed by atoms with E-state index in [0.29, 0.717) is 13.2 Å². The van der Waals surface area contributed by atoms with E-state index < -0.39 is 0 Å². The van der Waals surface area contributed by atoms with Crippen LogP contribution < -0.4 is 15.4 Å². The monoisotopic (exact) mass is 350 g/mol. The number of fused-ring (bicyclic) bond motifs is 1. The summed E-state index contributed by atoms with van der Waals surface area (Å²) in [4.78, 5) is 7.62. The lowest BCUT2D eigenvalue weighted by Gasteiger charge is -2.14. The molecule has 0 aliphatic rings. The Kier molecular flexibility index (Phi) is 6.14. The van der Waals surface area contributed by atoms with Gasteiger partial charge in [-0.2, -0.15) is 0 Å². The fourth-order valence-corrected chi connectivity index (χ4v) is 3.00. The van der Waals surface area contributed by atoms with Crippen LogP contribution in [-0.4, -0.2) is 31.1 Å². The normalized spacial score (nSPS) is 11.5. The van der Waals surface area contributed by atoms with E-state index in [1.165, 1.54) is 16.5 Å². The van der Waals surface area contributed by atoms with Gasteiger partial charge >= 0.3 is 0 Å². The maximum atomic E-state index is 5.67. The number of guanidine groups is 1. The molecule has 0 atom stereocenters. The fourth-order valence-electron chi connectivity index (χ4n) is 3.00. The van der Waals surface area contributed by atoms with Crippen molar-refractivity contribution in [2.75, 3.05) is 20.2 Å². The minimum Gasteiger partial charge on any atom is -0.494 e. The molecule has 2 aromatic carbocycles. The van der Waals surface area contributed by atoms with Gasteiger partial charge in [0.05, 0.1) is 6.61 Å². The van der Waals surface area contributed by atoms with Gasteiger partial charge in [-0.3, -0.25) is 4.99 Å². The van der Waals surface area contributed by atoms with Crippen LogP contribution in [0.2, 0.25) is 0 Å². The third-order valence-corrected chi connectivity index (χ3v) is 4.30. The van der Waals surface area contributed by atoms with Gasteiger partial charge in [-0.25, -0.2) is 0 Å². The predicted octanol–water partition coefficient (Wildman–Crippen LogP) is 3.47. The first-order chi connectivity index (χ1) is 12.8. The van der Waals surface area contributed by atoms with Crippen LogP contribution in [0.15, 0.2) is 59.7 Å². The summed E-state index contributed by atoms with van der Waals surface area (Å²) in [5.74, 6) is 1.70. The Morgan fingerprint density at radius 2 is 1.85 bits per heavy atom. The number of para-hydroxylation sites is 2. The quantitative estimate of drug-likeness (QED) is 0.452. The molecule has 0 fully saturated rings. The number of H-pyrrole nitrogens is 1. The minimum absolute atomic E-state index is 0.661. The second-order valence-electron chi connectivity index (χ2n) is 6.00. The average Bonchev–Trinajstić information content (AvgIpc) is 3.09. The lowest BCUT2D eigenvalue weighted by atomic mass is 10.1. The molecule has 3 rings (SSSR count). The molecule has 0 aliphatic heterocycles. The van der Waals surface area contributed by atoms with Gasteiger partial charge in [-0.15, -0.1) is 0 Å². The van der Waals surface area contributed by atoms with Gasteiger partial charge in [-0.05, 0) is 31.0 Å². The Hall–Kier alpha value is -2.95. The molecule has 0 radical (unpaired) electrons. The summed E-state index contributed by atoms with van der Waals surface area (Å²) in [7, 11) is 1.79. The van der Waals surface area contributed by atoms with Crippen molar-refractivity contribution in [1.29, 1.82) is 0 Å². The maximum Gasteiger partial charge on any atom is 0.191 e. The van der Waals surface area contributed by atoms with E-state index >= 15 is 0 Å². The number of hydrogen-bond acceptors (Lipinski definition) is 2. The zero-order valence-electron chi connectivity index (χ0n) is 15.4. The molecule has 0 bridgehead atoms. The van der Waals surface area contributed by atoms with Crippen molar-refractivity contribution in [2.24, 2.45) is 4.99 Å². The lowest BCUT2D eigenvalue weighted by molar-refractivity contribution is 0.336. The molecule has 0 aliphatic carbocycles. The van der Waals surface area contributed by atoms with E-state index in [1.807, 2.05) is 31.2 Å². The first-order valence-corrected chi connectivity index (χ1v) is 9.02. The first kappa shape index (κ1) is 17.9. The third kappa shape index (κ3) is 4.36. The minimum atomic E-state index is 0.661. The van der Waals surface area contributed by atoms with Gasteiger partial charge in [0.1, 0.15) is 5.75 Å². The van der Waals surface area contributed by atoms with E-state index in [1.54, 1.807) is 7.05 Å². The highest BCUT2D eigenvalue weighted by atomic mass is 16.5. The topological polar surface area (TPSA) is 61.4 Å². The van der Waals surface area contributed by atoms with Gasteiger partial charge < -0.3 is 20.4 Å². The van der Waals surface area contributed by atoms with Crippen molar-refractivity contribution >= 4 is 16.9 Å². The molecule has 3 aromatic rings. The standard InChI is InChI=1S/C21H26N4O/c1-3-26-20-11-7-4-8-17(20)15-25-21(22-2)23-13-12-16-14-24-19-10-6-5-9-18(16)19/h4-11,14,24H,3,12-13,15H2,1-2H3,(H2,22,23,25). The smallest absolute Gasteiger partial charge is 0.191 e. The number of hydrogen-bond donors (Lipinski definition) is 3. The molecular formula is C21H26N4O. The zero-order valence-corrected chi connectivity index (χ0v) is 15.4. The summed E-state index contributed by atoms with van der Waals surface area (Å²) < 4.78 is 5.67. The van der Waals surface area contributed by atoms with Crippen LogP contribution in [0.5, 0.6) is 5.75 Å². The van der Waals surface area contributed by atoms with Crippen LogP contribution in [0.1, 0.15) is 18.1 Å². The van der Waals surface area contributed by atoms with Crippen LogP contribution >= 0.6 is 0 Å². The van der Waals surface area contributed by atoms with Crippen molar-refractivity contribution in [3.05, 3.63) is 65.9 Å². The first-order valence-electron chi connectivity index (χ1n) is 9.02. The second kappa shape index (κ2) is 8.94. The molecular weight excluding hydrogens is 324 g/mol. The number of rotatable bonds is 7. The van der Waals surface area contributed by atoms with Crippen molar-refractivity contribution in [1.82, 2.24) is 15.6 Å². The Balaban J connectivity index is 1.52. The van der Waals surface area contributed by atoms with E-state index in [4.69, 9.17) is 4.74 Å². The van der Waals surface area contributed by atoms with Gasteiger partial charge in [-0.1, -0.05) is 36.4 Å². The molecule has 0 unspecified atom stereocenters. The number of nitrogens with zero attached hydrogens (tertiary/aromatic N) is 1. The van der Waals surface area contributed by atoms with Gasteiger partial charge in [0, 0.05) is 42.8 Å². The molecule has 3 N–H and O–H groups in total. The van der Waals surface area contributed by atoms with Crippen molar-refractivity contribution in [2.45, 2.75) is 19.9 Å². The molecule has 136 valence electrons. The Morgan fingerprint density at radius 3 is 2.69 bits per heavy atom. The summed E-state index contributed by atoms with van der Waals surface area (Å²) in [6.07, 6.45) is 3.01. The number of aromatic nitrogens is 1. The SMILES string of the molecule is CCOc1ccccc1CNC(=NC)NCCc1c[nH]c2ccccc12. The largest absolute Gasteiger partial charge is 0.494 e. The average molecular weight is 350 g/mol. The second-order valence-corrected chi connectivity index (χ2v) is 6.00. The van der Waals surface area contributed by atoms with E-state index in [-0.39, 0.29) is 0 Å². The van der Waals surface area contributed by atoms with Gasteiger partial charge in [0.2, 0.25) is 0 Å². The Morgan fingerprint density at radius 1 is 1.04 bits per heavy atom. The molecule has 0 spiro atoms. The zero-order chi connectivity index (χ0) is 18.2. The van der Waals surface area contributed by atoms with Crippen molar-refractivity contribution < 1.29 is 4.74 Å². The molecule has 26 heavy (non-hydrogen) atoms. The highest BCUT2D eigenvalue weighted by Gasteiger charge is 2.05. The van der Waals surface area contributed by atoms with E-state index in [2.05, 4.69) is 51.1 Å². The molecule has 0 amide bonds. The molecule has 0 saturated carbocycles. The summed E-state index contributed by atoms with van der Waals surface area (Å²) in [6, 6.07) is 16.4. The number of aliphatic imine (C=N–C) groups is 1. The summed E-state index contributed by atoms with van der Waals surface area (Å²) in [5, 5.41) is 8.01. The van der Waals surface area contributed by atoms with Crippen LogP contribution in [-0.2, 0) is 13.0 Å². The number of aromatic amines is 1. The van der Waals surface area contributed by atoms with Gasteiger partial charge in [0.25, 0.3) is 0 Å². The van der Waals surface area contributed by atoms with E-state index in [0.717, 1.165) is 30.2 Å². The summed E-state index contributed by atoms with van der Waals surface area (Å²) >= 11 is 0. The highest BCUT2D eigenvalue weighted by molar-refractivity contribution is 5.83. The molecule has 1 aromatic heterocycles. The fraction of sp³-hybridized carbons (Fsp3) is 0.286. The number of benzene rings is 2. The number of nitrogens with one attached hydrogen (secondary N) is 3. The van der Waals surface area contributed by atoms with Gasteiger partial charge in [0.15, 0.2) is 5.96 Å². The molecule has 0 saturated heterocycles. The molecule has 5 heteroatoms. The predicted molar refractivity (Wildman–Crippen MR) is 108 cm³/mol. The van der Waals surface area contributed by atoms with Crippen LogP contribution in [0.4, 0.5) is 0 Å². The lowest BCUT2D eigenvalue weighted by Crippen LogP contribution is -2.37. The summed E-state index contributed by atoms with van der Waals surface area (Å²) in [6.45, 7) is 4.14. The van der Waals surface area contributed by atoms with Crippen molar-refractivity contribution in [3.63, 3.8) is 0 Å².